The van der Waals surface area contributed by atoms with E-state index in [0.717, 1.165) is 0 Å². The molecule has 1 aromatic carbocycles. The van der Waals surface area contributed by atoms with Gasteiger partial charge in [0, 0.05) is 10.0 Å². The van der Waals surface area contributed by atoms with E-state index in [1.807, 2.05) is 0 Å². The van der Waals surface area contributed by atoms with E-state index in [0.29, 0.717) is 4.47 Å². The number of alkyl carbamates (subject to hydrolysis) is 1. The number of methoxy groups -OCH3 is 1. The molecule has 2 rings (SSSR count). The average Bonchev–Trinajstić information content (AvgIpc) is 2.32. The van der Waals surface area contributed by atoms with E-state index in [1.165, 1.54) is 13.2 Å². The highest BCUT2D eigenvalue weighted by molar-refractivity contribution is 9.10. The first-order valence-corrected chi connectivity index (χ1v) is 5.88. The van der Waals surface area contributed by atoms with Gasteiger partial charge in [-0.05, 0) is 18.2 Å². The van der Waals surface area contributed by atoms with Crippen molar-refractivity contribution < 1.29 is 23.0 Å². The van der Waals surface area contributed by atoms with Gasteiger partial charge in [-0.3, -0.25) is 0 Å². The fraction of sp³-hybridized carbons (Fsp3) is 0.364. The van der Waals surface area contributed by atoms with Gasteiger partial charge in [0.2, 0.25) is 0 Å². The minimum atomic E-state index is -3.19. The lowest BCUT2D eigenvalue weighted by molar-refractivity contribution is -0.104. The molecule has 0 radical (unpaired) electrons. The fourth-order valence-corrected chi connectivity index (χ4v) is 2.13. The summed E-state index contributed by atoms with van der Waals surface area (Å²) in [5, 5.41) is 2.11. The Balaban J connectivity index is 2.45. The van der Waals surface area contributed by atoms with Crippen LogP contribution >= 0.6 is 15.9 Å². The Morgan fingerprint density at radius 1 is 1.56 bits per heavy atom. The Bertz CT molecular complexity index is 481. The van der Waals surface area contributed by atoms with E-state index < -0.39 is 24.7 Å². The van der Waals surface area contributed by atoms with Crippen molar-refractivity contribution in [1.29, 1.82) is 0 Å². The first-order chi connectivity index (χ1) is 8.44. The van der Waals surface area contributed by atoms with Gasteiger partial charge < -0.3 is 14.8 Å². The summed E-state index contributed by atoms with van der Waals surface area (Å²) < 4.78 is 37.5. The van der Waals surface area contributed by atoms with E-state index in [2.05, 4.69) is 26.0 Å². The summed E-state index contributed by atoms with van der Waals surface area (Å²) in [4.78, 5) is 11.1. The first kappa shape index (κ1) is 13.1. The minimum absolute atomic E-state index is 0.202. The van der Waals surface area contributed by atoms with Gasteiger partial charge in [0.05, 0.1) is 7.11 Å². The van der Waals surface area contributed by atoms with E-state index >= 15 is 0 Å². The summed E-state index contributed by atoms with van der Waals surface area (Å²) in [6.45, 7) is -0.945. The predicted molar refractivity (Wildman–Crippen MR) is 62.9 cm³/mol. The second-order valence-electron chi connectivity index (χ2n) is 3.80. The molecule has 1 aliphatic heterocycles. The highest BCUT2D eigenvalue weighted by atomic mass is 79.9. The highest BCUT2D eigenvalue weighted by Crippen LogP contribution is 2.39. The number of hydrogen-bond donors (Lipinski definition) is 1. The number of cyclic esters (lactones) is 1. The summed E-state index contributed by atoms with van der Waals surface area (Å²) in [6.07, 6.45) is -0.868. The molecule has 98 valence electrons. The smallest absolute Gasteiger partial charge is 0.408 e. The quantitative estimate of drug-likeness (QED) is 0.911. The van der Waals surface area contributed by atoms with E-state index in [1.54, 1.807) is 12.1 Å². The van der Waals surface area contributed by atoms with Crippen LogP contribution in [0.5, 0.6) is 5.75 Å². The summed E-state index contributed by atoms with van der Waals surface area (Å²) in [7, 11) is 1.38. The maximum atomic E-state index is 13.8. The number of hydrogen-bond acceptors (Lipinski definition) is 3. The third kappa shape index (κ3) is 2.40. The summed E-state index contributed by atoms with van der Waals surface area (Å²) in [5.41, 5.74) is 0.202. The van der Waals surface area contributed by atoms with Crippen LogP contribution in [-0.2, 0) is 4.74 Å². The lowest BCUT2D eigenvalue weighted by Gasteiger charge is -2.32. The van der Waals surface area contributed by atoms with Gasteiger partial charge >= 0.3 is 12.0 Å². The molecule has 1 amide bonds. The Hall–Kier alpha value is -1.37. The van der Waals surface area contributed by atoms with Crippen molar-refractivity contribution in [3.05, 3.63) is 28.2 Å². The highest BCUT2D eigenvalue weighted by Gasteiger charge is 2.47. The second kappa shape index (κ2) is 4.72. The third-order valence-corrected chi connectivity index (χ3v) is 3.08. The zero-order valence-corrected chi connectivity index (χ0v) is 11.0. The number of halogens is 3. The van der Waals surface area contributed by atoms with Crippen LogP contribution in [0.4, 0.5) is 13.6 Å². The molecule has 1 aromatic rings. The first-order valence-electron chi connectivity index (χ1n) is 5.08. The van der Waals surface area contributed by atoms with Crippen LogP contribution in [-0.4, -0.2) is 25.7 Å². The SMILES string of the molecule is COc1ccc(Br)cc1[C@H]1NC(=O)OCC1(F)F. The average molecular weight is 322 g/mol. The zero-order chi connectivity index (χ0) is 13.3. The van der Waals surface area contributed by atoms with Crippen LogP contribution in [0.15, 0.2) is 22.7 Å². The normalized spacial score (nSPS) is 22.0. The Morgan fingerprint density at radius 3 is 2.94 bits per heavy atom. The van der Waals surface area contributed by atoms with Gasteiger partial charge in [0.25, 0.3) is 0 Å². The molecule has 1 aliphatic rings. The molecule has 1 fully saturated rings. The van der Waals surface area contributed by atoms with Gasteiger partial charge in [-0.15, -0.1) is 0 Å². The molecule has 0 unspecified atom stereocenters. The van der Waals surface area contributed by atoms with Gasteiger partial charge in [0.15, 0.2) is 6.61 Å². The second-order valence-corrected chi connectivity index (χ2v) is 4.72. The fourth-order valence-electron chi connectivity index (χ4n) is 1.75. The van der Waals surface area contributed by atoms with Crippen molar-refractivity contribution in [2.75, 3.05) is 13.7 Å². The molecule has 1 heterocycles. The van der Waals surface area contributed by atoms with Crippen molar-refractivity contribution in [2.24, 2.45) is 0 Å². The molecule has 0 spiro atoms. The molecule has 18 heavy (non-hydrogen) atoms. The molecule has 1 N–H and O–H groups in total. The molecule has 4 nitrogen and oxygen atoms in total. The lowest BCUT2D eigenvalue weighted by atomic mass is 9.99. The number of nitrogens with one attached hydrogen (secondary N) is 1. The largest absolute Gasteiger partial charge is 0.496 e. The van der Waals surface area contributed by atoms with Gasteiger partial charge in [0.1, 0.15) is 11.8 Å². The van der Waals surface area contributed by atoms with Crippen molar-refractivity contribution in [2.45, 2.75) is 12.0 Å². The maximum Gasteiger partial charge on any atom is 0.408 e. The van der Waals surface area contributed by atoms with Crippen molar-refractivity contribution >= 4 is 22.0 Å². The van der Waals surface area contributed by atoms with Crippen LogP contribution in [0.25, 0.3) is 0 Å². The number of carbonyl (C=O) groups is 1. The van der Waals surface area contributed by atoms with E-state index in [9.17, 15) is 13.6 Å². The molecule has 1 atom stereocenters. The maximum absolute atomic E-state index is 13.8. The van der Waals surface area contributed by atoms with Crippen molar-refractivity contribution in [1.82, 2.24) is 5.32 Å². The lowest BCUT2D eigenvalue weighted by Crippen LogP contribution is -2.49. The van der Waals surface area contributed by atoms with Crippen LogP contribution in [0.2, 0.25) is 0 Å². The van der Waals surface area contributed by atoms with Gasteiger partial charge in [-0.2, -0.15) is 0 Å². The summed E-state index contributed by atoms with van der Waals surface area (Å²) in [6, 6.07) is 3.24. The molecular weight excluding hydrogens is 312 g/mol. The predicted octanol–water partition coefficient (Wildman–Crippen LogP) is 2.87. The Labute approximate surface area is 110 Å². The Kier molecular flexibility index (Phi) is 3.43. The number of alkyl halides is 2. The number of rotatable bonds is 2. The van der Waals surface area contributed by atoms with Gasteiger partial charge in [-0.1, -0.05) is 15.9 Å². The van der Waals surface area contributed by atoms with Crippen molar-refractivity contribution in [3.8, 4) is 5.75 Å². The number of amides is 1. The molecule has 7 heteroatoms. The molecule has 1 saturated heterocycles. The van der Waals surface area contributed by atoms with E-state index in [-0.39, 0.29) is 11.3 Å². The van der Waals surface area contributed by atoms with Crippen LogP contribution in [0.1, 0.15) is 11.6 Å². The molecule has 0 aliphatic carbocycles. The standard InChI is InChI=1S/C11H10BrF2NO3/c1-17-8-3-2-6(12)4-7(8)9-11(13,14)5-18-10(16)15-9/h2-4,9H,5H2,1H3,(H,15,16)/t9-/m1/s1. The van der Waals surface area contributed by atoms with Gasteiger partial charge in [-0.25, -0.2) is 13.6 Å². The number of benzene rings is 1. The topological polar surface area (TPSA) is 47.6 Å². The zero-order valence-electron chi connectivity index (χ0n) is 9.38. The number of carbonyl (C=O) groups excluding carboxylic acids is 1. The summed E-state index contributed by atoms with van der Waals surface area (Å²) >= 11 is 3.20. The van der Waals surface area contributed by atoms with E-state index in [4.69, 9.17) is 4.74 Å². The molecule has 0 aromatic heterocycles. The van der Waals surface area contributed by atoms with Crippen molar-refractivity contribution in [3.63, 3.8) is 0 Å². The van der Waals surface area contributed by atoms with Crippen LogP contribution in [0.3, 0.4) is 0 Å². The molecular formula is C11H10BrF2NO3. The number of ether oxygens (including phenoxy) is 2. The van der Waals surface area contributed by atoms with Crippen LogP contribution < -0.4 is 10.1 Å². The molecule has 0 saturated carbocycles. The third-order valence-electron chi connectivity index (χ3n) is 2.58. The van der Waals surface area contributed by atoms with Crippen LogP contribution in [0, 0.1) is 0 Å². The minimum Gasteiger partial charge on any atom is -0.496 e. The monoisotopic (exact) mass is 321 g/mol. The molecule has 0 bridgehead atoms. The summed E-state index contributed by atoms with van der Waals surface area (Å²) in [5.74, 6) is -2.91. The Morgan fingerprint density at radius 2 is 2.28 bits per heavy atom.